The second kappa shape index (κ2) is 8.03. The molecule has 2 unspecified atom stereocenters. The molecule has 0 fully saturated rings. The summed E-state index contributed by atoms with van der Waals surface area (Å²) < 4.78 is 0. The molecule has 3 aromatic carbocycles. The van der Waals surface area contributed by atoms with E-state index >= 15 is 0 Å². The summed E-state index contributed by atoms with van der Waals surface area (Å²) in [5, 5.41) is 14.6. The summed E-state index contributed by atoms with van der Waals surface area (Å²) in [5.41, 5.74) is 0.986. The Bertz CT molecular complexity index is 883. The van der Waals surface area contributed by atoms with E-state index in [2.05, 4.69) is 86.8 Å². The van der Waals surface area contributed by atoms with Crippen molar-refractivity contribution in [3.8, 4) is 0 Å². The van der Waals surface area contributed by atoms with Gasteiger partial charge in [0, 0.05) is 5.92 Å². The fraction of sp³-hybridized carbons (Fsp3) is 0.250. The van der Waals surface area contributed by atoms with Crippen LogP contribution in [0, 0.1) is 5.92 Å². The minimum absolute atomic E-state index is 0.0942. The first-order valence-electron chi connectivity index (χ1n) is 9.36. The van der Waals surface area contributed by atoms with Crippen molar-refractivity contribution >= 4 is 24.0 Å². The molecule has 134 valence electrons. The summed E-state index contributed by atoms with van der Waals surface area (Å²) >= 11 is 0. The van der Waals surface area contributed by atoms with Crippen LogP contribution >= 0.6 is 0 Å². The molecule has 3 aromatic rings. The van der Waals surface area contributed by atoms with E-state index in [4.69, 9.17) is 0 Å². The first-order chi connectivity index (χ1) is 12.5. The van der Waals surface area contributed by atoms with Gasteiger partial charge in [0.2, 0.25) is 0 Å². The van der Waals surface area contributed by atoms with Crippen molar-refractivity contribution < 1.29 is 5.11 Å². The summed E-state index contributed by atoms with van der Waals surface area (Å²) in [6.07, 6.45) is 3.98. The molecule has 0 radical (unpaired) electrons. The van der Waals surface area contributed by atoms with Crippen molar-refractivity contribution in [1.82, 2.24) is 0 Å². The Morgan fingerprint density at radius 3 is 2.27 bits per heavy atom. The first kappa shape index (κ1) is 18.6. The van der Waals surface area contributed by atoms with Crippen LogP contribution in [0.2, 0.25) is 19.1 Å². The molecule has 0 bridgehead atoms. The van der Waals surface area contributed by atoms with Gasteiger partial charge in [-0.3, -0.25) is 0 Å². The number of aliphatic hydroxyl groups excluding tert-OH is 1. The van der Waals surface area contributed by atoms with Gasteiger partial charge in [0.25, 0.3) is 0 Å². The molecule has 0 amide bonds. The highest BCUT2D eigenvalue weighted by atomic mass is 28.3. The van der Waals surface area contributed by atoms with Crippen LogP contribution in [0.3, 0.4) is 0 Å². The smallest absolute Gasteiger partial charge is 0.0850 e. The van der Waals surface area contributed by atoms with E-state index in [1.165, 1.54) is 16.0 Å². The largest absolute Gasteiger partial charge is 0.388 e. The van der Waals surface area contributed by atoms with E-state index in [0.717, 1.165) is 11.6 Å². The highest BCUT2D eigenvalue weighted by Crippen LogP contribution is 2.26. The fourth-order valence-corrected chi connectivity index (χ4v) is 5.44. The van der Waals surface area contributed by atoms with Crippen molar-refractivity contribution in [2.75, 3.05) is 0 Å². The Morgan fingerprint density at radius 1 is 0.885 bits per heavy atom. The van der Waals surface area contributed by atoms with Crippen LogP contribution in [-0.2, 0) is 0 Å². The Hall–Kier alpha value is -2.16. The molecule has 0 aliphatic rings. The molecule has 0 heterocycles. The van der Waals surface area contributed by atoms with Crippen LogP contribution in [0.4, 0.5) is 0 Å². The summed E-state index contributed by atoms with van der Waals surface area (Å²) in [4.78, 5) is 0. The third-order valence-electron chi connectivity index (χ3n) is 5.24. The molecule has 1 N–H and O–H groups in total. The minimum Gasteiger partial charge on any atom is -0.388 e. The predicted octanol–water partition coefficient (Wildman–Crippen LogP) is 5.68. The third-order valence-corrected chi connectivity index (χ3v) is 8.39. The summed E-state index contributed by atoms with van der Waals surface area (Å²) in [6.45, 7) is 6.89. The van der Waals surface area contributed by atoms with Crippen LogP contribution in [-0.4, -0.2) is 13.2 Å². The topological polar surface area (TPSA) is 20.2 Å². The van der Waals surface area contributed by atoms with E-state index in [1.54, 1.807) is 0 Å². The zero-order chi connectivity index (χ0) is 18.6. The second-order valence-corrected chi connectivity index (χ2v) is 12.5. The van der Waals surface area contributed by atoms with Crippen molar-refractivity contribution in [2.24, 2.45) is 5.92 Å². The average molecular weight is 361 g/mol. The van der Waals surface area contributed by atoms with E-state index in [-0.39, 0.29) is 5.92 Å². The molecule has 0 saturated carbocycles. The quantitative estimate of drug-likeness (QED) is 0.443. The molecule has 2 atom stereocenters. The van der Waals surface area contributed by atoms with Gasteiger partial charge in [-0.25, -0.2) is 0 Å². The Balaban J connectivity index is 1.68. The zero-order valence-corrected chi connectivity index (χ0v) is 16.9. The summed E-state index contributed by atoms with van der Waals surface area (Å²) in [7, 11) is -1.47. The zero-order valence-electron chi connectivity index (χ0n) is 15.9. The van der Waals surface area contributed by atoms with Gasteiger partial charge in [-0.15, -0.1) is 0 Å². The predicted molar refractivity (Wildman–Crippen MR) is 116 cm³/mol. The van der Waals surface area contributed by atoms with Crippen LogP contribution in [0.5, 0.6) is 0 Å². The van der Waals surface area contributed by atoms with Gasteiger partial charge in [0.15, 0.2) is 0 Å². The Labute approximate surface area is 158 Å². The highest BCUT2D eigenvalue weighted by molar-refractivity contribution is 6.90. The molecule has 0 aromatic heterocycles. The van der Waals surface area contributed by atoms with Crippen LogP contribution in [0.25, 0.3) is 10.8 Å². The van der Waals surface area contributed by atoms with Crippen molar-refractivity contribution in [2.45, 2.75) is 32.2 Å². The van der Waals surface area contributed by atoms with Crippen LogP contribution in [0.15, 0.2) is 84.9 Å². The van der Waals surface area contributed by atoms with Crippen molar-refractivity contribution in [3.63, 3.8) is 0 Å². The van der Waals surface area contributed by atoms with Gasteiger partial charge in [0.1, 0.15) is 0 Å². The number of benzene rings is 3. The highest BCUT2D eigenvalue weighted by Gasteiger charge is 2.21. The molecule has 0 spiro atoms. The van der Waals surface area contributed by atoms with E-state index in [0.29, 0.717) is 0 Å². The third kappa shape index (κ3) is 4.32. The fourth-order valence-electron chi connectivity index (χ4n) is 3.39. The number of aliphatic hydroxyl groups is 1. The molecule has 2 heteroatoms. The molecule has 0 aliphatic carbocycles. The van der Waals surface area contributed by atoms with Crippen LogP contribution < -0.4 is 5.19 Å². The standard InChI is InChI=1S/C24H28OSi/c1-19(10-9-17-26(2,3)23-13-5-4-6-14-23)24(25)22-16-15-20-11-7-8-12-21(20)18-22/h4-16,18-19,24-25H,17H2,1-3H3/b10-9+. The lowest BCUT2D eigenvalue weighted by atomic mass is 9.95. The van der Waals surface area contributed by atoms with Crippen LogP contribution in [0.1, 0.15) is 18.6 Å². The number of fused-ring (bicyclic) bond motifs is 1. The minimum atomic E-state index is -1.47. The normalized spacial score (nSPS) is 14.6. The van der Waals surface area contributed by atoms with Gasteiger partial charge >= 0.3 is 0 Å². The van der Waals surface area contributed by atoms with Crippen molar-refractivity contribution in [3.05, 3.63) is 90.5 Å². The van der Waals surface area contributed by atoms with Gasteiger partial charge in [0.05, 0.1) is 14.2 Å². The summed E-state index contributed by atoms with van der Waals surface area (Å²) in [5.74, 6) is 0.0942. The molecular formula is C24H28OSi. The lowest BCUT2D eigenvalue weighted by Gasteiger charge is -2.22. The molecule has 1 nitrogen and oxygen atoms in total. The van der Waals surface area contributed by atoms with E-state index < -0.39 is 14.2 Å². The van der Waals surface area contributed by atoms with Gasteiger partial charge in [-0.2, -0.15) is 0 Å². The maximum absolute atomic E-state index is 10.8. The lowest BCUT2D eigenvalue weighted by molar-refractivity contribution is 0.140. The Morgan fingerprint density at radius 2 is 1.54 bits per heavy atom. The average Bonchev–Trinajstić information content (AvgIpc) is 2.67. The molecule has 3 rings (SSSR count). The molecule has 0 aliphatic heterocycles. The number of hydrogen-bond donors (Lipinski definition) is 1. The number of allylic oxidation sites excluding steroid dienone is 1. The Kier molecular flexibility index (Phi) is 5.75. The second-order valence-electron chi connectivity index (χ2n) is 7.79. The maximum atomic E-state index is 10.8. The van der Waals surface area contributed by atoms with Gasteiger partial charge < -0.3 is 5.11 Å². The van der Waals surface area contributed by atoms with Gasteiger partial charge in [-0.1, -0.05) is 104 Å². The van der Waals surface area contributed by atoms with Crippen molar-refractivity contribution in [1.29, 1.82) is 0 Å². The molecular weight excluding hydrogens is 332 g/mol. The number of hydrogen-bond acceptors (Lipinski definition) is 1. The van der Waals surface area contributed by atoms with E-state index in [9.17, 15) is 5.11 Å². The maximum Gasteiger partial charge on any atom is 0.0850 e. The molecule has 0 saturated heterocycles. The number of rotatable bonds is 6. The first-order valence-corrected chi connectivity index (χ1v) is 12.6. The van der Waals surface area contributed by atoms with Gasteiger partial charge in [-0.05, 0) is 28.4 Å². The molecule has 26 heavy (non-hydrogen) atoms. The van der Waals surface area contributed by atoms with E-state index in [1.807, 2.05) is 18.2 Å². The monoisotopic (exact) mass is 360 g/mol. The lowest BCUT2D eigenvalue weighted by Crippen LogP contribution is -2.40. The summed E-state index contributed by atoms with van der Waals surface area (Å²) in [6, 6.07) is 26.4. The SMILES string of the molecule is CC(/C=C/C[Si](C)(C)c1ccccc1)C(O)c1ccc2ccccc2c1.